The highest BCUT2D eigenvalue weighted by atomic mass is 16.5. The van der Waals surface area contributed by atoms with E-state index in [1.54, 1.807) is 18.1 Å². The van der Waals surface area contributed by atoms with Crippen LogP contribution in [0.15, 0.2) is 30.6 Å². The van der Waals surface area contributed by atoms with Gasteiger partial charge in [-0.15, -0.1) is 0 Å². The highest BCUT2D eigenvalue weighted by molar-refractivity contribution is 6.39. The summed E-state index contributed by atoms with van der Waals surface area (Å²) >= 11 is 0. The third-order valence-electron chi connectivity index (χ3n) is 5.27. The van der Waals surface area contributed by atoms with Crippen LogP contribution in [0.5, 0.6) is 5.88 Å². The number of amides is 3. The Kier molecular flexibility index (Phi) is 6.68. The predicted octanol–water partition coefficient (Wildman–Crippen LogP) is 1.56. The number of rotatable bonds is 5. The fourth-order valence-corrected chi connectivity index (χ4v) is 3.65. The number of primary amides is 1. The van der Waals surface area contributed by atoms with Gasteiger partial charge in [-0.05, 0) is 36.5 Å². The average molecular weight is 426 g/mol. The van der Waals surface area contributed by atoms with E-state index in [1.807, 2.05) is 19.1 Å². The smallest absolute Gasteiger partial charge is 0.313 e. The van der Waals surface area contributed by atoms with Crippen molar-refractivity contribution in [1.82, 2.24) is 14.9 Å². The molecule has 164 valence electrons. The Hall–Kier alpha value is -3.69. The highest BCUT2D eigenvalue weighted by Gasteiger charge is 2.34. The Morgan fingerprint density at radius 3 is 2.58 bits per heavy atom. The van der Waals surface area contributed by atoms with Crippen molar-refractivity contribution in [3.8, 4) is 5.88 Å². The van der Waals surface area contributed by atoms with Crippen molar-refractivity contribution in [2.45, 2.75) is 25.8 Å². The van der Waals surface area contributed by atoms with Crippen LogP contribution >= 0.6 is 0 Å². The largest absolute Gasteiger partial charge is 0.480 e. The van der Waals surface area contributed by atoms with Crippen molar-refractivity contribution in [2.75, 3.05) is 31.3 Å². The van der Waals surface area contributed by atoms with Crippen LogP contribution in [-0.4, -0.2) is 53.3 Å². The van der Waals surface area contributed by atoms with Gasteiger partial charge in [0, 0.05) is 19.8 Å². The molecule has 3 amide bonds. The standard InChI is InChI=1S/C21H26N6O4/c1-12-4-6-16(13-5-7-17(23-2)24-9-13)27(11-12)21(30)19(29)26-14-8-15(18(22)28)20(31-3)25-10-14/h5,7-10,12,16H,4,6,11H2,1-3H3,(H2,22,28)(H,23,24)(H,26,29)/t12-,16-/m1/s1. The number of nitrogens with zero attached hydrogens (tertiary/aromatic N) is 3. The molecule has 10 nitrogen and oxygen atoms in total. The maximum atomic E-state index is 13.0. The van der Waals surface area contributed by atoms with E-state index in [2.05, 4.69) is 20.6 Å². The molecule has 0 aromatic carbocycles. The molecular weight excluding hydrogens is 400 g/mol. The van der Waals surface area contributed by atoms with Crippen LogP contribution in [0.4, 0.5) is 11.5 Å². The molecule has 2 aromatic heterocycles. The maximum Gasteiger partial charge on any atom is 0.313 e. The summed E-state index contributed by atoms with van der Waals surface area (Å²) in [5.74, 6) is -1.21. The van der Waals surface area contributed by atoms with E-state index in [0.717, 1.165) is 24.2 Å². The van der Waals surface area contributed by atoms with Gasteiger partial charge in [-0.25, -0.2) is 9.97 Å². The van der Waals surface area contributed by atoms with Gasteiger partial charge in [0.2, 0.25) is 5.88 Å². The number of aromatic nitrogens is 2. The number of methoxy groups -OCH3 is 1. The molecule has 4 N–H and O–H groups in total. The first-order valence-corrected chi connectivity index (χ1v) is 9.93. The molecule has 1 saturated heterocycles. The number of piperidine rings is 1. The summed E-state index contributed by atoms with van der Waals surface area (Å²) in [7, 11) is 3.13. The Morgan fingerprint density at radius 2 is 1.97 bits per heavy atom. The van der Waals surface area contributed by atoms with E-state index in [9.17, 15) is 14.4 Å². The predicted molar refractivity (Wildman–Crippen MR) is 115 cm³/mol. The van der Waals surface area contributed by atoms with Gasteiger partial charge in [-0.3, -0.25) is 14.4 Å². The number of ether oxygens (including phenoxy) is 1. The second-order valence-corrected chi connectivity index (χ2v) is 7.48. The van der Waals surface area contributed by atoms with Gasteiger partial charge < -0.3 is 26.0 Å². The van der Waals surface area contributed by atoms with Gasteiger partial charge in [-0.2, -0.15) is 0 Å². The lowest BCUT2D eigenvalue weighted by atomic mass is 9.90. The van der Waals surface area contributed by atoms with Gasteiger partial charge in [0.1, 0.15) is 11.4 Å². The quantitative estimate of drug-likeness (QED) is 0.617. The van der Waals surface area contributed by atoms with Crippen LogP contribution in [0, 0.1) is 5.92 Å². The molecule has 1 aliphatic rings. The van der Waals surface area contributed by atoms with Gasteiger partial charge in [-0.1, -0.05) is 13.0 Å². The summed E-state index contributed by atoms with van der Waals surface area (Å²) in [6.07, 6.45) is 4.69. The summed E-state index contributed by atoms with van der Waals surface area (Å²) in [5, 5.41) is 5.47. The zero-order valence-corrected chi connectivity index (χ0v) is 17.7. The van der Waals surface area contributed by atoms with Crippen molar-refractivity contribution in [3.63, 3.8) is 0 Å². The van der Waals surface area contributed by atoms with Crippen molar-refractivity contribution in [1.29, 1.82) is 0 Å². The number of hydrogen-bond donors (Lipinski definition) is 3. The molecule has 1 fully saturated rings. The summed E-state index contributed by atoms with van der Waals surface area (Å²) in [6, 6.07) is 4.83. The molecule has 2 atom stereocenters. The van der Waals surface area contributed by atoms with Gasteiger partial charge >= 0.3 is 11.8 Å². The Bertz CT molecular complexity index is 978. The van der Waals surface area contributed by atoms with E-state index in [-0.39, 0.29) is 29.1 Å². The summed E-state index contributed by atoms with van der Waals surface area (Å²) < 4.78 is 4.99. The third kappa shape index (κ3) is 4.90. The molecular formula is C21H26N6O4. The van der Waals surface area contributed by atoms with E-state index >= 15 is 0 Å². The van der Waals surface area contributed by atoms with Crippen molar-refractivity contribution in [2.24, 2.45) is 11.7 Å². The van der Waals surface area contributed by atoms with Crippen LogP contribution in [0.25, 0.3) is 0 Å². The number of likely N-dealkylation sites (tertiary alicyclic amines) is 1. The first kappa shape index (κ1) is 22.0. The van der Waals surface area contributed by atoms with E-state index in [0.29, 0.717) is 6.54 Å². The second kappa shape index (κ2) is 9.41. The van der Waals surface area contributed by atoms with Crippen LogP contribution in [0.3, 0.4) is 0 Å². The molecule has 2 aromatic rings. The lowest BCUT2D eigenvalue weighted by Gasteiger charge is -2.38. The Labute approximate surface area is 180 Å². The van der Waals surface area contributed by atoms with Crippen LogP contribution in [0.2, 0.25) is 0 Å². The summed E-state index contributed by atoms with van der Waals surface area (Å²) in [6.45, 7) is 2.50. The van der Waals surface area contributed by atoms with E-state index < -0.39 is 17.7 Å². The molecule has 10 heteroatoms. The fourth-order valence-electron chi connectivity index (χ4n) is 3.65. The molecule has 0 spiro atoms. The molecule has 3 heterocycles. The lowest BCUT2D eigenvalue weighted by molar-refractivity contribution is -0.146. The number of nitrogens with one attached hydrogen (secondary N) is 2. The minimum atomic E-state index is -0.818. The molecule has 1 aliphatic heterocycles. The molecule has 31 heavy (non-hydrogen) atoms. The fraction of sp³-hybridized carbons (Fsp3) is 0.381. The number of carbonyl (C=O) groups is 3. The molecule has 0 saturated carbocycles. The third-order valence-corrected chi connectivity index (χ3v) is 5.27. The van der Waals surface area contributed by atoms with Gasteiger partial charge in [0.25, 0.3) is 5.91 Å². The molecule has 0 bridgehead atoms. The molecule has 0 unspecified atom stereocenters. The van der Waals surface area contributed by atoms with Crippen LogP contribution < -0.4 is 21.1 Å². The van der Waals surface area contributed by atoms with E-state index in [1.165, 1.54) is 19.4 Å². The topological polar surface area (TPSA) is 140 Å². The average Bonchev–Trinajstić information content (AvgIpc) is 2.78. The lowest BCUT2D eigenvalue weighted by Crippen LogP contribution is -2.46. The minimum absolute atomic E-state index is 0.00733. The van der Waals surface area contributed by atoms with Gasteiger partial charge in [0.15, 0.2) is 0 Å². The molecule has 3 rings (SSSR count). The number of pyridine rings is 2. The number of nitrogens with two attached hydrogens (primary N) is 1. The maximum absolute atomic E-state index is 13.0. The Morgan fingerprint density at radius 1 is 1.19 bits per heavy atom. The SMILES string of the molecule is CNc1ccc([C@H]2CC[C@@H](C)CN2C(=O)C(=O)Nc2cnc(OC)c(C(N)=O)c2)cn1. The molecule has 0 radical (unpaired) electrons. The first-order chi connectivity index (χ1) is 14.8. The number of anilines is 2. The van der Waals surface area contributed by atoms with Crippen LogP contribution in [-0.2, 0) is 9.59 Å². The van der Waals surface area contributed by atoms with Crippen LogP contribution in [0.1, 0.15) is 41.7 Å². The monoisotopic (exact) mass is 426 g/mol. The zero-order chi connectivity index (χ0) is 22.5. The summed E-state index contributed by atoms with van der Waals surface area (Å²) in [5.41, 5.74) is 6.38. The van der Waals surface area contributed by atoms with Crippen molar-refractivity contribution < 1.29 is 19.1 Å². The Balaban J connectivity index is 1.80. The molecule has 0 aliphatic carbocycles. The number of hydrogen-bond acceptors (Lipinski definition) is 7. The highest BCUT2D eigenvalue weighted by Crippen LogP contribution is 2.33. The van der Waals surface area contributed by atoms with Crippen molar-refractivity contribution >= 4 is 29.2 Å². The normalized spacial score (nSPS) is 18.2. The van der Waals surface area contributed by atoms with Gasteiger partial charge in [0.05, 0.1) is 25.0 Å². The zero-order valence-electron chi connectivity index (χ0n) is 17.7. The minimum Gasteiger partial charge on any atom is -0.480 e. The second-order valence-electron chi connectivity index (χ2n) is 7.48. The first-order valence-electron chi connectivity index (χ1n) is 9.93. The van der Waals surface area contributed by atoms with E-state index in [4.69, 9.17) is 10.5 Å². The number of carbonyl (C=O) groups excluding carboxylic acids is 3. The summed E-state index contributed by atoms with van der Waals surface area (Å²) in [4.78, 5) is 47.2. The van der Waals surface area contributed by atoms with Crippen molar-refractivity contribution in [3.05, 3.63) is 41.7 Å².